The molecule has 3 heteroatoms. The molecule has 0 spiro atoms. The second kappa shape index (κ2) is 3.01. The number of rotatable bonds is 1. The molecule has 66 valence electrons. The van der Waals surface area contributed by atoms with Gasteiger partial charge in [-0.1, -0.05) is 18.2 Å². The first-order valence-electron chi connectivity index (χ1n) is 4.16. The number of para-hydroxylation sites is 1. The van der Waals surface area contributed by atoms with E-state index in [0.717, 1.165) is 16.9 Å². The molecule has 2 aromatic rings. The van der Waals surface area contributed by atoms with Crippen molar-refractivity contribution in [1.29, 1.82) is 0 Å². The fourth-order valence-corrected chi connectivity index (χ4v) is 1.18. The van der Waals surface area contributed by atoms with Crippen LogP contribution in [0.4, 0.5) is 5.95 Å². The molecule has 0 radical (unpaired) electrons. The van der Waals surface area contributed by atoms with Gasteiger partial charge in [0, 0.05) is 25.7 Å². The molecule has 1 aromatic carbocycles. The maximum absolute atomic E-state index is 4.39. The highest BCUT2D eigenvalue weighted by molar-refractivity contribution is 5.78. The molecule has 0 saturated carbocycles. The van der Waals surface area contributed by atoms with Crippen LogP contribution < -0.4 is 4.90 Å². The smallest absolute Gasteiger partial charge is 0.225 e. The average molecular weight is 173 g/mol. The van der Waals surface area contributed by atoms with Crippen molar-refractivity contribution in [2.75, 3.05) is 19.0 Å². The van der Waals surface area contributed by atoms with Gasteiger partial charge in [0.1, 0.15) is 0 Å². The summed E-state index contributed by atoms with van der Waals surface area (Å²) in [7, 11) is 3.87. The number of fused-ring (bicyclic) bond motifs is 1. The van der Waals surface area contributed by atoms with Gasteiger partial charge in [0.25, 0.3) is 0 Å². The Kier molecular flexibility index (Phi) is 1.85. The van der Waals surface area contributed by atoms with Crippen LogP contribution in [-0.4, -0.2) is 24.1 Å². The highest BCUT2D eigenvalue weighted by Gasteiger charge is 1.99. The van der Waals surface area contributed by atoms with Gasteiger partial charge >= 0.3 is 0 Å². The highest BCUT2D eigenvalue weighted by Crippen LogP contribution is 2.12. The van der Waals surface area contributed by atoms with E-state index in [1.165, 1.54) is 0 Å². The lowest BCUT2D eigenvalue weighted by molar-refractivity contribution is 1.02. The van der Waals surface area contributed by atoms with E-state index in [1.54, 1.807) is 0 Å². The largest absolute Gasteiger partial charge is 0.347 e. The number of aromatic nitrogens is 2. The Bertz CT molecular complexity index is 423. The summed E-state index contributed by atoms with van der Waals surface area (Å²) in [6.07, 6.45) is 1.84. The third kappa shape index (κ3) is 1.45. The van der Waals surface area contributed by atoms with Gasteiger partial charge in [-0.25, -0.2) is 9.97 Å². The number of hydrogen-bond acceptors (Lipinski definition) is 3. The second-order valence-electron chi connectivity index (χ2n) is 3.12. The molecule has 13 heavy (non-hydrogen) atoms. The van der Waals surface area contributed by atoms with Crippen molar-refractivity contribution in [2.45, 2.75) is 0 Å². The van der Waals surface area contributed by atoms with Gasteiger partial charge in [0.2, 0.25) is 5.95 Å². The number of nitrogens with zero attached hydrogens (tertiary/aromatic N) is 3. The van der Waals surface area contributed by atoms with Gasteiger partial charge in [0.15, 0.2) is 0 Å². The monoisotopic (exact) mass is 173 g/mol. The molecule has 0 amide bonds. The Morgan fingerprint density at radius 2 is 1.92 bits per heavy atom. The summed E-state index contributed by atoms with van der Waals surface area (Å²) in [6, 6.07) is 7.97. The average Bonchev–Trinajstić information content (AvgIpc) is 2.17. The van der Waals surface area contributed by atoms with E-state index in [1.807, 2.05) is 49.5 Å². The molecule has 0 unspecified atom stereocenters. The van der Waals surface area contributed by atoms with Crippen LogP contribution in [0.2, 0.25) is 0 Å². The van der Waals surface area contributed by atoms with E-state index < -0.39 is 0 Å². The maximum Gasteiger partial charge on any atom is 0.225 e. The first-order chi connectivity index (χ1) is 6.27. The summed E-state index contributed by atoms with van der Waals surface area (Å²) in [5.41, 5.74) is 0.987. The van der Waals surface area contributed by atoms with E-state index in [9.17, 15) is 0 Å². The molecule has 0 aliphatic rings. The minimum absolute atomic E-state index is 0.749. The van der Waals surface area contributed by atoms with Crippen LogP contribution in [-0.2, 0) is 0 Å². The quantitative estimate of drug-likeness (QED) is 0.657. The summed E-state index contributed by atoms with van der Waals surface area (Å²) in [6.45, 7) is 0. The molecule has 0 aliphatic carbocycles. The number of hydrogen-bond donors (Lipinski definition) is 0. The predicted molar refractivity (Wildman–Crippen MR) is 53.9 cm³/mol. The molecule has 0 atom stereocenters. The fourth-order valence-electron chi connectivity index (χ4n) is 1.18. The summed E-state index contributed by atoms with van der Waals surface area (Å²) in [5.74, 6) is 0.749. The highest BCUT2D eigenvalue weighted by atomic mass is 15.2. The summed E-state index contributed by atoms with van der Waals surface area (Å²) in [5, 5.41) is 1.08. The molecule has 2 rings (SSSR count). The van der Waals surface area contributed by atoms with Gasteiger partial charge in [-0.3, -0.25) is 0 Å². The van der Waals surface area contributed by atoms with Gasteiger partial charge in [-0.05, 0) is 6.07 Å². The Morgan fingerprint density at radius 1 is 1.15 bits per heavy atom. The molecule has 0 N–H and O–H groups in total. The second-order valence-corrected chi connectivity index (χ2v) is 3.12. The van der Waals surface area contributed by atoms with Crippen LogP contribution in [0.25, 0.3) is 10.9 Å². The lowest BCUT2D eigenvalue weighted by Crippen LogP contribution is -2.12. The van der Waals surface area contributed by atoms with Crippen molar-refractivity contribution in [1.82, 2.24) is 9.97 Å². The van der Waals surface area contributed by atoms with Crippen LogP contribution in [0.5, 0.6) is 0 Å². The van der Waals surface area contributed by atoms with Crippen molar-refractivity contribution in [3.8, 4) is 0 Å². The van der Waals surface area contributed by atoms with E-state index in [-0.39, 0.29) is 0 Å². The summed E-state index contributed by atoms with van der Waals surface area (Å²) in [4.78, 5) is 10.5. The van der Waals surface area contributed by atoms with E-state index in [0.29, 0.717) is 0 Å². The maximum atomic E-state index is 4.39. The fraction of sp³-hybridized carbons (Fsp3) is 0.200. The molecule has 3 nitrogen and oxygen atoms in total. The molecule has 1 heterocycles. The summed E-state index contributed by atoms with van der Waals surface area (Å²) >= 11 is 0. The van der Waals surface area contributed by atoms with Crippen molar-refractivity contribution < 1.29 is 0 Å². The number of anilines is 1. The van der Waals surface area contributed by atoms with Crippen molar-refractivity contribution in [3.05, 3.63) is 30.5 Å². The standard InChI is InChI=1S/C10H11N3/c1-13(2)10-11-7-8-5-3-4-6-9(8)12-10/h3-7H,1-2H3. The van der Waals surface area contributed by atoms with Gasteiger partial charge in [-0.15, -0.1) is 0 Å². The van der Waals surface area contributed by atoms with E-state index in [4.69, 9.17) is 0 Å². The molecule has 0 saturated heterocycles. The molecular weight excluding hydrogens is 162 g/mol. The molecule has 0 fully saturated rings. The Balaban J connectivity index is 2.62. The lowest BCUT2D eigenvalue weighted by Gasteiger charge is -2.09. The van der Waals surface area contributed by atoms with Crippen molar-refractivity contribution >= 4 is 16.9 Å². The Morgan fingerprint density at radius 3 is 2.69 bits per heavy atom. The lowest BCUT2D eigenvalue weighted by atomic mass is 10.2. The van der Waals surface area contributed by atoms with Crippen LogP contribution in [0.1, 0.15) is 0 Å². The minimum atomic E-state index is 0.749. The van der Waals surface area contributed by atoms with Crippen LogP contribution >= 0.6 is 0 Å². The molecule has 0 aliphatic heterocycles. The zero-order valence-electron chi connectivity index (χ0n) is 7.73. The van der Waals surface area contributed by atoms with Gasteiger partial charge in [0.05, 0.1) is 5.52 Å². The van der Waals surface area contributed by atoms with Gasteiger partial charge in [-0.2, -0.15) is 0 Å². The molecule has 0 bridgehead atoms. The number of benzene rings is 1. The normalized spacial score (nSPS) is 10.3. The van der Waals surface area contributed by atoms with Crippen molar-refractivity contribution in [2.24, 2.45) is 0 Å². The van der Waals surface area contributed by atoms with E-state index in [2.05, 4.69) is 9.97 Å². The SMILES string of the molecule is CN(C)c1ncc2ccccc2n1. The van der Waals surface area contributed by atoms with Gasteiger partial charge < -0.3 is 4.90 Å². The predicted octanol–water partition coefficient (Wildman–Crippen LogP) is 1.70. The third-order valence-electron chi connectivity index (χ3n) is 1.88. The van der Waals surface area contributed by atoms with E-state index >= 15 is 0 Å². The van der Waals surface area contributed by atoms with Crippen molar-refractivity contribution in [3.63, 3.8) is 0 Å². The van der Waals surface area contributed by atoms with Crippen LogP contribution in [0, 0.1) is 0 Å². The Hall–Kier alpha value is -1.64. The molecule has 1 aromatic heterocycles. The minimum Gasteiger partial charge on any atom is -0.347 e. The Labute approximate surface area is 77.0 Å². The topological polar surface area (TPSA) is 29.0 Å². The zero-order valence-corrected chi connectivity index (χ0v) is 7.73. The molecular formula is C10H11N3. The third-order valence-corrected chi connectivity index (χ3v) is 1.88. The zero-order chi connectivity index (χ0) is 9.26. The first kappa shape index (κ1) is 7.98. The van der Waals surface area contributed by atoms with Crippen LogP contribution in [0.3, 0.4) is 0 Å². The first-order valence-corrected chi connectivity index (χ1v) is 4.16. The van der Waals surface area contributed by atoms with Crippen LogP contribution in [0.15, 0.2) is 30.5 Å². The summed E-state index contributed by atoms with van der Waals surface area (Å²) < 4.78 is 0.